The van der Waals surface area contributed by atoms with Crippen molar-refractivity contribution in [2.45, 2.75) is 30.4 Å². The average molecular weight is 315 g/mol. The van der Waals surface area contributed by atoms with Gasteiger partial charge in [-0.05, 0) is 40.8 Å². The molecule has 90 valence electrons. The van der Waals surface area contributed by atoms with Crippen molar-refractivity contribution < 1.29 is 4.39 Å². The molecule has 1 aromatic rings. The van der Waals surface area contributed by atoms with Gasteiger partial charge in [-0.1, -0.05) is 6.92 Å². The molecule has 1 aliphatic carbocycles. The summed E-state index contributed by atoms with van der Waals surface area (Å²) in [5.74, 6) is 0.404. The van der Waals surface area contributed by atoms with Crippen LogP contribution in [-0.4, -0.2) is 15.5 Å². The molecule has 0 amide bonds. The summed E-state index contributed by atoms with van der Waals surface area (Å²) in [6.07, 6.45) is 3.37. The van der Waals surface area contributed by atoms with E-state index >= 15 is 0 Å². The summed E-state index contributed by atoms with van der Waals surface area (Å²) in [4.78, 5) is 3.69. The van der Waals surface area contributed by atoms with Gasteiger partial charge < -0.3 is 0 Å². The quantitative estimate of drug-likeness (QED) is 0.791. The Hall–Kier alpha value is -0.600. The van der Waals surface area contributed by atoms with Crippen molar-refractivity contribution in [3.05, 3.63) is 28.2 Å². The van der Waals surface area contributed by atoms with Gasteiger partial charge in [-0.15, -0.1) is 11.8 Å². The van der Waals surface area contributed by atoms with Gasteiger partial charge in [0.2, 0.25) is 5.95 Å². The molecule has 0 aliphatic heterocycles. The molecule has 1 fully saturated rings. The third-order valence-electron chi connectivity index (χ3n) is 2.88. The van der Waals surface area contributed by atoms with E-state index in [0.29, 0.717) is 5.56 Å². The van der Waals surface area contributed by atoms with E-state index in [4.69, 9.17) is 5.26 Å². The Balaban J connectivity index is 2.02. The maximum atomic E-state index is 13.5. The minimum atomic E-state index is -0.414. The molecule has 1 atom stereocenters. The Morgan fingerprint density at radius 2 is 2.41 bits per heavy atom. The molecule has 0 aromatic carbocycles. The predicted molar refractivity (Wildman–Crippen MR) is 70.3 cm³/mol. The molecular formula is C12H12BrFN2S. The Labute approximate surface area is 113 Å². The van der Waals surface area contributed by atoms with Crippen molar-refractivity contribution in [2.75, 3.05) is 5.75 Å². The molecular weight excluding hydrogens is 303 g/mol. The third-order valence-corrected chi connectivity index (χ3v) is 5.03. The van der Waals surface area contributed by atoms with Gasteiger partial charge in [0.15, 0.2) is 0 Å². The summed E-state index contributed by atoms with van der Waals surface area (Å²) in [6, 6.07) is 4.09. The van der Waals surface area contributed by atoms with Crippen LogP contribution in [0.1, 0.15) is 31.2 Å². The zero-order valence-electron chi connectivity index (χ0n) is 9.41. The number of nitrogens with zero attached hydrogens (tertiary/aromatic N) is 2. The number of hydrogen-bond acceptors (Lipinski definition) is 3. The van der Waals surface area contributed by atoms with Crippen molar-refractivity contribution in [3.8, 4) is 6.07 Å². The molecule has 1 aliphatic rings. The number of halogens is 2. The van der Waals surface area contributed by atoms with Crippen LogP contribution >= 0.6 is 27.7 Å². The lowest BCUT2D eigenvalue weighted by Crippen LogP contribution is -2.07. The number of pyridine rings is 1. The van der Waals surface area contributed by atoms with Crippen LogP contribution in [0, 0.1) is 17.3 Å². The Morgan fingerprint density at radius 3 is 3.00 bits per heavy atom. The summed E-state index contributed by atoms with van der Waals surface area (Å²) in [5.41, 5.74) is 0.612. The molecule has 0 radical (unpaired) electrons. The van der Waals surface area contributed by atoms with E-state index in [1.165, 1.54) is 6.20 Å². The number of nitriles is 1. The van der Waals surface area contributed by atoms with Crippen molar-refractivity contribution >= 4 is 27.7 Å². The lowest BCUT2D eigenvalue weighted by atomic mass is 10.1. The minimum Gasteiger partial charge on any atom is -0.227 e. The topological polar surface area (TPSA) is 36.7 Å². The first-order chi connectivity index (χ1) is 8.06. The fraction of sp³-hybridized carbons (Fsp3) is 0.500. The molecule has 1 heterocycles. The van der Waals surface area contributed by atoms with Crippen LogP contribution in [0.2, 0.25) is 0 Å². The van der Waals surface area contributed by atoms with E-state index in [2.05, 4.69) is 27.0 Å². The van der Waals surface area contributed by atoms with Crippen LogP contribution in [0.3, 0.4) is 0 Å². The van der Waals surface area contributed by atoms with E-state index in [1.54, 1.807) is 17.8 Å². The molecule has 2 nitrogen and oxygen atoms in total. The molecule has 1 aromatic heterocycles. The van der Waals surface area contributed by atoms with Crippen LogP contribution in [0.4, 0.5) is 4.39 Å². The fourth-order valence-corrected chi connectivity index (χ4v) is 3.11. The maximum absolute atomic E-state index is 13.5. The molecule has 0 saturated heterocycles. The summed E-state index contributed by atoms with van der Waals surface area (Å²) >= 11 is 4.93. The minimum absolute atomic E-state index is 0.0656. The van der Waals surface area contributed by atoms with Crippen molar-refractivity contribution in [2.24, 2.45) is 0 Å². The Bertz CT molecular complexity index is 468. The molecule has 2 rings (SSSR count). The smallest absolute Gasteiger partial charge is 0.216 e. The second kappa shape index (κ2) is 4.95. The predicted octanol–water partition coefficient (Wildman–Crippen LogP) is 3.88. The monoisotopic (exact) mass is 314 g/mol. The van der Waals surface area contributed by atoms with E-state index in [-0.39, 0.29) is 10.7 Å². The first kappa shape index (κ1) is 12.8. The molecule has 1 saturated carbocycles. The molecule has 0 spiro atoms. The number of thioether (sulfide) groups is 1. The highest BCUT2D eigenvalue weighted by Crippen LogP contribution is 2.49. The summed E-state index contributed by atoms with van der Waals surface area (Å²) in [5, 5.41) is 8.97. The summed E-state index contributed by atoms with van der Waals surface area (Å²) in [6.45, 7) is 1.97. The molecule has 0 bridgehead atoms. The lowest BCUT2D eigenvalue weighted by Gasteiger charge is -2.14. The fourth-order valence-electron chi connectivity index (χ4n) is 1.56. The maximum Gasteiger partial charge on any atom is 0.216 e. The Morgan fingerprint density at radius 1 is 1.71 bits per heavy atom. The number of hydrogen-bond donors (Lipinski definition) is 0. The molecule has 5 heteroatoms. The van der Waals surface area contributed by atoms with Gasteiger partial charge >= 0.3 is 0 Å². The van der Waals surface area contributed by atoms with Gasteiger partial charge in [0.05, 0.1) is 6.07 Å². The number of aromatic nitrogens is 1. The van der Waals surface area contributed by atoms with Crippen LogP contribution in [0.5, 0.6) is 0 Å². The van der Waals surface area contributed by atoms with Crippen molar-refractivity contribution in [1.82, 2.24) is 4.98 Å². The third kappa shape index (κ3) is 2.99. The van der Waals surface area contributed by atoms with Crippen molar-refractivity contribution in [3.63, 3.8) is 0 Å². The van der Waals surface area contributed by atoms with E-state index < -0.39 is 5.95 Å². The highest BCUT2D eigenvalue weighted by molar-refractivity contribution is 9.10. The largest absolute Gasteiger partial charge is 0.227 e. The second-order valence-electron chi connectivity index (χ2n) is 4.35. The number of rotatable bonds is 4. The normalized spacial score (nSPS) is 18.5. The van der Waals surface area contributed by atoms with Gasteiger partial charge in [-0.25, -0.2) is 4.98 Å². The Kier molecular flexibility index (Phi) is 3.74. The van der Waals surface area contributed by atoms with E-state index in [9.17, 15) is 4.39 Å². The molecule has 17 heavy (non-hydrogen) atoms. The van der Waals surface area contributed by atoms with Crippen LogP contribution < -0.4 is 0 Å². The average Bonchev–Trinajstić information content (AvgIpc) is 3.10. The van der Waals surface area contributed by atoms with Gasteiger partial charge in [0.1, 0.15) is 4.75 Å². The first-order valence-corrected chi connectivity index (χ1v) is 7.20. The standard InChI is InChI=1S/C12H12BrFN2S/c1-8(6-17-12(7-15)2-3-12)10-4-9(13)5-16-11(10)14/h4-5,8H,2-3,6H2,1H3. The van der Waals surface area contributed by atoms with Gasteiger partial charge in [0.25, 0.3) is 0 Å². The van der Waals surface area contributed by atoms with E-state index in [1.807, 2.05) is 6.92 Å². The summed E-state index contributed by atoms with van der Waals surface area (Å²) < 4.78 is 14.1. The van der Waals surface area contributed by atoms with E-state index in [0.717, 1.165) is 23.1 Å². The second-order valence-corrected chi connectivity index (χ2v) is 6.67. The van der Waals surface area contributed by atoms with Crippen LogP contribution in [0.15, 0.2) is 16.7 Å². The van der Waals surface area contributed by atoms with Gasteiger partial charge in [-0.2, -0.15) is 9.65 Å². The molecule has 0 N–H and O–H groups in total. The van der Waals surface area contributed by atoms with Crippen LogP contribution in [-0.2, 0) is 0 Å². The zero-order valence-corrected chi connectivity index (χ0v) is 11.8. The SMILES string of the molecule is CC(CSC1(C#N)CC1)c1cc(Br)cnc1F. The highest BCUT2D eigenvalue weighted by atomic mass is 79.9. The zero-order chi connectivity index (χ0) is 12.5. The van der Waals surface area contributed by atoms with Gasteiger partial charge in [0, 0.05) is 22.0 Å². The lowest BCUT2D eigenvalue weighted by molar-refractivity contribution is 0.557. The highest BCUT2D eigenvalue weighted by Gasteiger charge is 2.43. The van der Waals surface area contributed by atoms with Crippen molar-refractivity contribution in [1.29, 1.82) is 5.26 Å². The molecule has 1 unspecified atom stereocenters. The summed E-state index contributed by atoms with van der Waals surface area (Å²) in [7, 11) is 0. The van der Waals surface area contributed by atoms with Crippen LogP contribution in [0.25, 0.3) is 0 Å². The van der Waals surface area contributed by atoms with Gasteiger partial charge in [-0.3, -0.25) is 0 Å². The first-order valence-electron chi connectivity index (χ1n) is 5.42.